The van der Waals surface area contributed by atoms with Crippen molar-refractivity contribution in [2.75, 3.05) is 0 Å². The molecule has 10 heteroatoms. The zero-order valence-electron chi connectivity index (χ0n) is 21.9. The predicted octanol–water partition coefficient (Wildman–Crippen LogP) is 7.00. The van der Waals surface area contributed by atoms with Gasteiger partial charge < -0.3 is 0 Å². The number of hydrogen-bond donors (Lipinski definition) is 1. The zero-order valence-corrected chi connectivity index (χ0v) is 24.3. The maximum Gasteiger partial charge on any atom is 0.241 e. The minimum atomic E-state index is -3.84. The van der Waals surface area contributed by atoms with E-state index in [9.17, 15) is 12.8 Å². The van der Waals surface area contributed by atoms with Crippen LogP contribution in [0.25, 0.3) is 5.69 Å². The lowest BCUT2D eigenvalue weighted by molar-refractivity contribution is 0.555. The number of aromatic nitrogens is 3. The minimum Gasteiger partial charge on any atom is -0.272 e. The number of rotatable bonds is 8. The molecule has 1 N–H and O–H groups in total. The van der Waals surface area contributed by atoms with Crippen molar-refractivity contribution in [1.29, 1.82) is 0 Å². The Kier molecular flexibility index (Phi) is 8.32. The molecule has 0 fully saturated rings. The third-order valence-electron chi connectivity index (χ3n) is 6.10. The number of nitrogens with one attached hydrogen (secondary N) is 1. The Balaban J connectivity index is 1.67. The van der Waals surface area contributed by atoms with Gasteiger partial charge in [0.25, 0.3) is 0 Å². The average molecular weight is 573 g/mol. The first-order chi connectivity index (χ1) is 17.8. The van der Waals surface area contributed by atoms with Crippen molar-refractivity contribution in [3.05, 3.63) is 100 Å². The highest BCUT2D eigenvalue weighted by molar-refractivity contribution is 7.98. The maximum absolute atomic E-state index is 13.3. The molecule has 1 heterocycles. The molecule has 4 aromatic rings. The van der Waals surface area contributed by atoms with Crippen LogP contribution in [0.2, 0.25) is 5.02 Å². The summed E-state index contributed by atoms with van der Waals surface area (Å²) < 4.78 is 44.4. The Bertz CT molecular complexity index is 1530. The van der Waals surface area contributed by atoms with E-state index in [1.165, 1.54) is 23.9 Å². The Hall–Kier alpha value is -2.72. The molecule has 1 aromatic heterocycles. The van der Waals surface area contributed by atoms with Crippen molar-refractivity contribution in [2.24, 2.45) is 0 Å². The summed E-state index contributed by atoms with van der Waals surface area (Å²) in [5.74, 6) is 0.651. The van der Waals surface area contributed by atoms with Crippen molar-refractivity contribution >= 4 is 33.4 Å². The van der Waals surface area contributed by atoms with Crippen molar-refractivity contribution in [3.8, 4) is 5.69 Å². The molecule has 200 valence electrons. The van der Waals surface area contributed by atoms with Crippen molar-refractivity contribution < 1.29 is 12.8 Å². The Morgan fingerprint density at radius 1 is 1.03 bits per heavy atom. The van der Waals surface area contributed by atoms with Crippen LogP contribution < -0.4 is 4.72 Å². The molecule has 0 aliphatic rings. The fraction of sp³-hybridized carbons (Fsp3) is 0.286. The molecule has 3 aromatic carbocycles. The second-order valence-corrected chi connectivity index (χ2v) is 13.2. The molecule has 0 saturated heterocycles. The molecule has 0 radical (unpaired) electrons. The summed E-state index contributed by atoms with van der Waals surface area (Å²) in [7, 11) is -3.84. The summed E-state index contributed by atoms with van der Waals surface area (Å²) in [5, 5.41) is 9.86. The van der Waals surface area contributed by atoms with Crippen LogP contribution in [0, 0.1) is 12.7 Å². The lowest BCUT2D eigenvalue weighted by Crippen LogP contribution is -2.29. The number of hydrogen-bond acceptors (Lipinski definition) is 5. The average Bonchev–Trinajstić information content (AvgIpc) is 3.28. The number of thioether (sulfide) groups is 1. The lowest BCUT2D eigenvalue weighted by atomic mass is 9.87. The highest BCUT2D eigenvalue weighted by atomic mass is 35.5. The summed E-state index contributed by atoms with van der Waals surface area (Å²) in [4.78, 5) is 0.174. The number of nitrogens with zero attached hydrogens (tertiary/aromatic N) is 3. The molecular weight excluding hydrogens is 543 g/mol. The van der Waals surface area contributed by atoms with Gasteiger partial charge in [-0.1, -0.05) is 74.5 Å². The molecule has 0 spiro atoms. The highest BCUT2D eigenvalue weighted by Crippen LogP contribution is 2.31. The van der Waals surface area contributed by atoms with Crippen LogP contribution >= 0.6 is 23.4 Å². The van der Waals surface area contributed by atoms with E-state index in [2.05, 4.69) is 35.7 Å². The van der Waals surface area contributed by atoms with Crippen molar-refractivity contribution in [3.63, 3.8) is 0 Å². The van der Waals surface area contributed by atoms with Crippen LogP contribution in [-0.2, 0) is 21.2 Å². The van der Waals surface area contributed by atoms with Gasteiger partial charge in [-0.05, 0) is 72.4 Å². The molecule has 0 saturated carbocycles. The molecule has 6 nitrogen and oxygen atoms in total. The van der Waals surface area contributed by atoms with Gasteiger partial charge in [0, 0.05) is 10.8 Å². The normalized spacial score (nSPS) is 13.0. The largest absolute Gasteiger partial charge is 0.272 e. The third kappa shape index (κ3) is 6.46. The van der Waals surface area contributed by atoms with E-state index >= 15 is 0 Å². The first kappa shape index (κ1) is 28.3. The van der Waals surface area contributed by atoms with E-state index in [0.717, 1.165) is 22.4 Å². The molecule has 0 bridgehead atoms. The topological polar surface area (TPSA) is 76.9 Å². The summed E-state index contributed by atoms with van der Waals surface area (Å²) in [6, 6.07) is 18.0. The Labute approximate surface area is 232 Å². The van der Waals surface area contributed by atoms with Gasteiger partial charge >= 0.3 is 0 Å². The van der Waals surface area contributed by atoms with Crippen molar-refractivity contribution in [2.45, 2.75) is 61.9 Å². The van der Waals surface area contributed by atoms with Crippen molar-refractivity contribution in [1.82, 2.24) is 19.5 Å². The van der Waals surface area contributed by atoms with E-state index in [-0.39, 0.29) is 16.1 Å². The SMILES string of the molecule is Cc1ccc(Cl)cc1-n1c(SCc2ccc(F)cc2)nnc1C(C)NS(=O)(=O)c1ccc(C(C)(C)C)cc1. The molecule has 38 heavy (non-hydrogen) atoms. The molecule has 0 amide bonds. The smallest absolute Gasteiger partial charge is 0.241 e. The standard InChI is InChI=1S/C28H30ClFN4O2S2/c1-18-6-11-22(29)16-25(18)34-26(31-32-27(34)37-17-20-7-12-23(30)13-8-20)19(2)33-38(35,36)24-14-9-21(10-15-24)28(3,4)5/h6-16,19,33H,17H2,1-5H3. The Morgan fingerprint density at radius 3 is 2.32 bits per heavy atom. The van der Waals surface area contributed by atoms with Gasteiger partial charge in [-0.3, -0.25) is 4.57 Å². The Morgan fingerprint density at radius 2 is 1.68 bits per heavy atom. The quantitative estimate of drug-likeness (QED) is 0.230. The van der Waals surface area contributed by atoms with Gasteiger partial charge in [0.1, 0.15) is 5.82 Å². The maximum atomic E-state index is 13.3. The van der Waals surface area contributed by atoms with E-state index in [1.807, 2.05) is 29.7 Å². The van der Waals surface area contributed by atoms with Crippen LogP contribution in [0.5, 0.6) is 0 Å². The molecule has 4 rings (SSSR count). The molecule has 0 aliphatic heterocycles. The second kappa shape index (κ2) is 11.2. The molecular formula is C28H30ClFN4O2S2. The van der Waals surface area contributed by atoms with Gasteiger partial charge in [-0.25, -0.2) is 17.5 Å². The first-order valence-corrected chi connectivity index (χ1v) is 14.9. The van der Waals surface area contributed by atoms with Crippen LogP contribution in [-0.4, -0.2) is 23.2 Å². The summed E-state index contributed by atoms with van der Waals surface area (Å²) >= 11 is 7.75. The molecule has 0 aliphatic carbocycles. The van der Waals surface area contributed by atoms with Gasteiger partial charge in [-0.2, -0.15) is 0 Å². The molecule has 1 unspecified atom stereocenters. The summed E-state index contributed by atoms with van der Waals surface area (Å²) in [6.07, 6.45) is 0. The molecule has 1 atom stereocenters. The summed E-state index contributed by atoms with van der Waals surface area (Å²) in [5.41, 5.74) is 3.55. The fourth-order valence-corrected chi connectivity index (χ4v) is 6.20. The van der Waals surface area contributed by atoms with E-state index in [4.69, 9.17) is 11.6 Å². The number of sulfonamides is 1. The van der Waals surface area contributed by atoms with Gasteiger partial charge in [0.15, 0.2) is 11.0 Å². The number of halogens is 2. The number of benzene rings is 3. The van der Waals surface area contributed by atoms with E-state index in [0.29, 0.717) is 21.8 Å². The monoisotopic (exact) mass is 572 g/mol. The lowest BCUT2D eigenvalue weighted by Gasteiger charge is -2.20. The second-order valence-electron chi connectivity index (χ2n) is 10.1. The first-order valence-electron chi connectivity index (χ1n) is 12.1. The van der Waals surface area contributed by atoms with E-state index in [1.54, 1.807) is 43.3 Å². The van der Waals surface area contributed by atoms with Gasteiger partial charge in [-0.15, -0.1) is 10.2 Å². The van der Waals surface area contributed by atoms with E-state index < -0.39 is 16.1 Å². The highest BCUT2D eigenvalue weighted by Gasteiger charge is 2.26. The van der Waals surface area contributed by atoms with Crippen LogP contribution in [0.3, 0.4) is 0 Å². The minimum absolute atomic E-state index is 0.0871. The third-order valence-corrected chi connectivity index (χ3v) is 8.89. The van der Waals surface area contributed by atoms with Crippen LogP contribution in [0.4, 0.5) is 4.39 Å². The van der Waals surface area contributed by atoms with Crippen LogP contribution in [0.1, 0.15) is 56.3 Å². The zero-order chi connectivity index (χ0) is 27.7. The fourth-order valence-electron chi connectivity index (χ4n) is 3.92. The predicted molar refractivity (Wildman–Crippen MR) is 151 cm³/mol. The summed E-state index contributed by atoms with van der Waals surface area (Å²) in [6.45, 7) is 9.90. The number of aryl methyl sites for hydroxylation is 1. The van der Waals surface area contributed by atoms with Crippen LogP contribution in [0.15, 0.2) is 76.8 Å². The van der Waals surface area contributed by atoms with Gasteiger partial charge in [0.2, 0.25) is 10.0 Å². The van der Waals surface area contributed by atoms with Gasteiger partial charge in [0.05, 0.1) is 16.6 Å².